The quantitative estimate of drug-likeness (QED) is 0.570. The molecule has 0 saturated carbocycles. The fourth-order valence-electron chi connectivity index (χ4n) is 2.92. The number of para-hydroxylation sites is 1. The monoisotopic (exact) mass is 389 g/mol. The van der Waals surface area contributed by atoms with Gasteiger partial charge in [0.25, 0.3) is 5.91 Å². The fraction of sp³-hybridized carbons (Fsp3) is 0.0455. The van der Waals surface area contributed by atoms with Crippen molar-refractivity contribution < 1.29 is 13.9 Å². The third-order valence-corrected chi connectivity index (χ3v) is 4.32. The molecule has 1 aromatic heterocycles. The van der Waals surface area contributed by atoms with Crippen LogP contribution < -0.4 is 15.5 Å². The summed E-state index contributed by atoms with van der Waals surface area (Å²) in [6, 6.07) is 19.8. The van der Waals surface area contributed by atoms with Crippen LogP contribution in [0.5, 0.6) is 11.5 Å². The number of nitrogens with zero attached hydrogens (tertiary/aromatic N) is 2. The topological polar surface area (TPSA) is 73.2 Å². The Kier molecular flexibility index (Phi) is 4.78. The van der Waals surface area contributed by atoms with Gasteiger partial charge in [-0.1, -0.05) is 18.2 Å². The number of rotatable bonds is 4. The number of carbonyl (C=O) groups is 1. The van der Waals surface area contributed by atoms with E-state index in [2.05, 4.69) is 10.4 Å². The molecule has 29 heavy (non-hydrogen) atoms. The van der Waals surface area contributed by atoms with Crippen molar-refractivity contribution in [2.45, 2.75) is 0 Å². The van der Waals surface area contributed by atoms with Crippen LogP contribution in [0.2, 0.25) is 0 Å². The summed E-state index contributed by atoms with van der Waals surface area (Å²) in [6.07, 6.45) is 0. The smallest absolute Gasteiger partial charge is 0.280 e. The van der Waals surface area contributed by atoms with Gasteiger partial charge in [0, 0.05) is 12.7 Å². The van der Waals surface area contributed by atoms with Crippen LogP contribution in [0.25, 0.3) is 10.9 Å². The van der Waals surface area contributed by atoms with Crippen LogP contribution in [-0.4, -0.2) is 15.7 Å². The molecule has 6 nitrogen and oxygen atoms in total. The van der Waals surface area contributed by atoms with Crippen molar-refractivity contribution in [2.24, 2.45) is 7.05 Å². The van der Waals surface area contributed by atoms with Crippen molar-refractivity contribution in [3.8, 4) is 11.5 Å². The standard InChI is InChI=1S/C22H16FN3O3/c1-26-19-12-7-14(23)13-18(19)21(27)20(25-26)22(28)24-15-8-10-17(11-9-15)29-16-5-3-2-4-6-16/h2-13H,1H3,(H,24,28). The maximum absolute atomic E-state index is 13.5. The third kappa shape index (κ3) is 3.84. The van der Waals surface area contributed by atoms with E-state index in [1.54, 1.807) is 31.3 Å². The maximum Gasteiger partial charge on any atom is 0.280 e. The first kappa shape index (κ1) is 18.4. The molecule has 0 aliphatic heterocycles. The average Bonchev–Trinajstić information content (AvgIpc) is 2.72. The van der Waals surface area contributed by atoms with E-state index in [1.807, 2.05) is 30.3 Å². The summed E-state index contributed by atoms with van der Waals surface area (Å²) >= 11 is 0. The minimum absolute atomic E-state index is 0.0965. The Morgan fingerprint density at radius 1 is 1.00 bits per heavy atom. The summed E-state index contributed by atoms with van der Waals surface area (Å²) in [6.45, 7) is 0. The predicted molar refractivity (Wildman–Crippen MR) is 108 cm³/mol. The van der Waals surface area contributed by atoms with E-state index in [9.17, 15) is 14.0 Å². The lowest BCUT2D eigenvalue weighted by Crippen LogP contribution is -2.26. The highest BCUT2D eigenvalue weighted by molar-refractivity contribution is 6.04. The third-order valence-electron chi connectivity index (χ3n) is 4.32. The zero-order valence-electron chi connectivity index (χ0n) is 15.4. The Bertz CT molecular complexity index is 1250. The largest absolute Gasteiger partial charge is 0.457 e. The van der Waals surface area contributed by atoms with E-state index >= 15 is 0 Å². The molecule has 3 aromatic carbocycles. The lowest BCUT2D eigenvalue weighted by atomic mass is 10.2. The SMILES string of the molecule is Cn1nc(C(=O)Nc2ccc(Oc3ccccc3)cc2)c(=O)c2cc(F)ccc21. The summed E-state index contributed by atoms with van der Waals surface area (Å²) in [7, 11) is 1.59. The number of anilines is 1. The van der Waals surface area contributed by atoms with Gasteiger partial charge in [-0.3, -0.25) is 14.3 Å². The normalized spacial score (nSPS) is 10.7. The van der Waals surface area contributed by atoms with Gasteiger partial charge < -0.3 is 10.1 Å². The van der Waals surface area contributed by atoms with Crippen molar-refractivity contribution in [3.05, 3.63) is 94.5 Å². The summed E-state index contributed by atoms with van der Waals surface area (Å²) in [5, 5.41) is 6.77. The van der Waals surface area contributed by atoms with Crippen molar-refractivity contribution >= 4 is 22.5 Å². The molecule has 0 aliphatic carbocycles. The van der Waals surface area contributed by atoms with Gasteiger partial charge in [0.05, 0.1) is 10.9 Å². The van der Waals surface area contributed by atoms with Gasteiger partial charge in [0.1, 0.15) is 17.3 Å². The van der Waals surface area contributed by atoms with Gasteiger partial charge in [-0.25, -0.2) is 4.39 Å². The van der Waals surface area contributed by atoms with Crippen LogP contribution >= 0.6 is 0 Å². The Morgan fingerprint density at radius 3 is 2.41 bits per heavy atom. The molecule has 0 unspecified atom stereocenters. The first-order valence-electron chi connectivity index (χ1n) is 8.82. The Labute approximate surface area is 165 Å². The molecule has 1 heterocycles. The van der Waals surface area contributed by atoms with Crippen molar-refractivity contribution in [1.82, 2.24) is 9.78 Å². The van der Waals surface area contributed by atoms with Crippen LogP contribution in [-0.2, 0) is 7.05 Å². The molecule has 0 saturated heterocycles. The van der Waals surface area contributed by atoms with Crippen LogP contribution in [0, 0.1) is 5.82 Å². The number of halogens is 1. The number of carbonyl (C=O) groups excluding carboxylic acids is 1. The maximum atomic E-state index is 13.5. The number of amides is 1. The molecule has 0 fully saturated rings. The molecule has 0 radical (unpaired) electrons. The van der Waals surface area contributed by atoms with E-state index in [0.717, 1.165) is 6.07 Å². The second kappa shape index (κ2) is 7.55. The van der Waals surface area contributed by atoms with Gasteiger partial charge in [-0.2, -0.15) is 5.10 Å². The van der Waals surface area contributed by atoms with Crippen LogP contribution in [0.4, 0.5) is 10.1 Å². The molecular formula is C22H16FN3O3. The molecule has 0 atom stereocenters. The van der Waals surface area contributed by atoms with Crippen LogP contribution in [0.3, 0.4) is 0 Å². The second-order valence-corrected chi connectivity index (χ2v) is 6.36. The summed E-state index contributed by atoms with van der Waals surface area (Å²) in [4.78, 5) is 25.2. The highest BCUT2D eigenvalue weighted by atomic mass is 19.1. The molecular weight excluding hydrogens is 373 g/mol. The highest BCUT2D eigenvalue weighted by Crippen LogP contribution is 2.22. The van der Waals surface area contributed by atoms with E-state index in [1.165, 1.54) is 16.8 Å². The molecule has 7 heteroatoms. The first-order valence-corrected chi connectivity index (χ1v) is 8.82. The van der Waals surface area contributed by atoms with E-state index in [0.29, 0.717) is 22.7 Å². The average molecular weight is 389 g/mol. The summed E-state index contributed by atoms with van der Waals surface area (Å²) in [5.41, 5.74) is -0.0247. The fourth-order valence-corrected chi connectivity index (χ4v) is 2.92. The van der Waals surface area contributed by atoms with Gasteiger partial charge in [-0.15, -0.1) is 0 Å². The number of fused-ring (bicyclic) bond motifs is 1. The minimum atomic E-state index is -0.673. The van der Waals surface area contributed by atoms with Crippen molar-refractivity contribution in [3.63, 3.8) is 0 Å². The zero-order valence-corrected chi connectivity index (χ0v) is 15.4. The van der Waals surface area contributed by atoms with Gasteiger partial charge >= 0.3 is 0 Å². The molecule has 0 aliphatic rings. The first-order chi connectivity index (χ1) is 14.0. The molecule has 144 valence electrons. The Hall–Kier alpha value is -4.00. The molecule has 0 bridgehead atoms. The molecule has 4 rings (SSSR count). The molecule has 4 aromatic rings. The number of hydrogen-bond donors (Lipinski definition) is 1. The number of hydrogen-bond acceptors (Lipinski definition) is 4. The van der Waals surface area contributed by atoms with Crippen LogP contribution in [0.15, 0.2) is 77.6 Å². The van der Waals surface area contributed by atoms with Gasteiger partial charge in [0.15, 0.2) is 5.69 Å². The van der Waals surface area contributed by atoms with Gasteiger partial charge in [0.2, 0.25) is 5.43 Å². The lowest BCUT2D eigenvalue weighted by Gasteiger charge is -2.09. The Balaban J connectivity index is 1.56. The zero-order chi connectivity index (χ0) is 20.4. The van der Waals surface area contributed by atoms with E-state index in [4.69, 9.17) is 4.74 Å². The van der Waals surface area contributed by atoms with E-state index in [-0.39, 0.29) is 11.1 Å². The second-order valence-electron chi connectivity index (χ2n) is 6.36. The number of aryl methyl sites for hydroxylation is 1. The predicted octanol–water partition coefficient (Wildman–Crippen LogP) is 4.12. The molecule has 1 N–H and O–H groups in total. The van der Waals surface area contributed by atoms with Crippen LogP contribution in [0.1, 0.15) is 10.5 Å². The highest BCUT2D eigenvalue weighted by Gasteiger charge is 2.17. The van der Waals surface area contributed by atoms with Gasteiger partial charge in [-0.05, 0) is 54.6 Å². The number of ether oxygens (including phenoxy) is 1. The van der Waals surface area contributed by atoms with E-state index < -0.39 is 17.2 Å². The lowest BCUT2D eigenvalue weighted by molar-refractivity contribution is 0.101. The summed E-state index contributed by atoms with van der Waals surface area (Å²) in [5.74, 6) is 0.0689. The summed E-state index contributed by atoms with van der Waals surface area (Å²) < 4.78 is 20.6. The van der Waals surface area contributed by atoms with Crippen molar-refractivity contribution in [1.29, 1.82) is 0 Å². The molecule has 0 spiro atoms. The number of nitrogens with one attached hydrogen (secondary N) is 1. The number of benzene rings is 3. The Morgan fingerprint density at radius 2 is 1.69 bits per heavy atom. The minimum Gasteiger partial charge on any atom is -0.457 e. The van der Waals surface area contributed by atoms with Crippen molar-refractivity contribution in [2.75, 3.05) is 5.32 Å². The number of aromatic nitrogens is 2. The molecule has 1 amide bonds.